The second-order valence-corrected chi connectivity index (χ2v) is 4.31. The van der Waals surface area contributed by atoms with E-state index in [1.165, 1.54) is 12.8 Å². The van der Waals surface area contributed by atoms with Gasteiger partial charge in [0, 0.05) is 6.04 Å². The third kappa shape index (κ3) is 3.80. The molecule has 1 aliphatic rings. The first-order valence-corrected chi connectivity index (χ1v) is 5.81. The molecule has 15 heavy (non-hydrogen) atoms. The standard InChI is InChI=1S/C11H22N2O2/c1-3-12-10(11(14)15)8-9-6-4-5-7-13(9)2/h9-10,12H,3-8H2,1-2H3,(H,14,15). The van der Waals surface area contributed by atoms with E-state index in [0.29, 0.717) is 12.6 Å². The van der Waals surface area contributed by atoms with E-state index in [2.05, 4.69) is 17.3 Å². The van der Waals surface area contributed by atoms with Gasteiger partial charge in [0.1, 0.15) is 6.04 Å². The van der Waals surface area contributed by atoms with E-state index in [4.69, 9.17) is 5.11 Å². The average Bonchev–Trinajstić information content (AvgIpc) is 2.20. The fraction of sp³-hybridized carbons (Fsp3) is 0.909. The summed E-state index contributed by atoms with van der Waals surface area (Å²) >= 11 is 0. The summed E-state index contributed by atoms with van der Waals surface area (Å²) in [5.41, 5.74) is 0. The molecule has 0 aromatic heterocycles. The van der Waals surface area contributed by atoms with Crippen molar-refractivity contribution < 1.29 is 9.90 Å². The zero-order valence-corrected chi connectivity index (χ0v) is 9.70. The maximum absolute atomic E-state index is 11.0. The Bertz CT molecular complexity index is 209. The molecule has 0 spiro atoms. The number of carboxylic acid groups (broad SMARTS) is 1. The lowest BCUT2D eigenvalue weighted by Gasteiger charge is -2.34. The van der Waals surface area contributed by atoms with Crippen molar-refractivity contribution in [3.8, 4) is 0 Å². The van der Waals surface area contributed by atoms with Crippen LogP contribution in [-0.2, 0) is 4.79 Å². The molecule has 0 amide bonds. The minimum Gasteiger partial charge on any atom is -0.480 e. The lowest BCUT2D eigenvalue weighted by atomic mass is 9.96. The predicted octanol–water partition coefficient (Wildman–Crippen LogP) is 0.923. The molecule has 1 fully saturated rings. The molecule has 4 heteroatoms. The van der Waals surface area contributed by atoms with Gasteiger partial charge in [0.15, 0.2) is 0 Å². The van der Waals surface area contributed by atoms with Gasteiger partial charge in [0.05, 0.1) is 0 Å². The molecule has 0 bridgehead atoms. The molecule has 0 aliphatic carbocycles. The third-order valence-electron chi connectivity index (χ3n) is 3.18. The first-order chi connectivity index (χ1) is 7.15. The first-order valence-electron chi connectivity index (χ1n) is 5.81. The molecule has 4 nitrogen and oxygen atoms in total. The van der Waals surface area contributed by atoms with Crippen molar-refractivity contribution in [2.75, 3.05) is 20.1 Å². The van der Waals surface area contributed by atoms with Crippen molar-refractivity contribution in [1.29, 1.82) is 0 Å². The van der Waals surface area contributed by atoms with Gasteiger partial charge in [0.25, 0.3) is 0 Å². The van der Waals surface area contributed by atoms with E-state index < -0.39 is 5.97 Å². The first kappa shape index (κ1) is 12.5. The normalized spacial score (nSPS) is 25.1. The number of carbonyl (C=O) groups is 1. The molecule has 0 saturated carbocycles. The van der Waals surface area contributed by atoms with Crippen molar-refractivity contribution in [1.82, 2.24) is 10.2 Å². The highest BCUT2D eigenvalue weighted by Crippen LogP contribution is 2.19. The summed E-state index contributed by atoms with van der Waals surface area (Å²) < 4.78 is 0. The highest BCUT2D eigenvalue weighted by molar-refractivity contribution is 5.73. The molecular weight excluding hydrogens is 192 g/mol. The number of carboxylic acids is 1. The van der Waals surface area contributed by atoms with Gasteiger partial charge < -0.3 is 15.3 Å². The van der Waals surface area contributed by atoms with Crippen molar-refractivity contribution in [3.05, 3.63) is 0 Å². The predicted molar refractivity (Wildman–Crippen MR) is 60.0 cm³/mol. The van der Waals surface area contributed by atoms with Crippen LogP contribution in [0.2, 0.25) is 0 Å². The van der Waals surface area contributed by atoms with Gasteiger partial charge in [-0.2, -0.15) is 0 Å². The molecule has 0 aromatic carbocycles. The van der Waals surface area contributed by atoms with E-state index in [0.717, 1.165) is 19.4 Å². The lowest BCUT2D eigenvalue weighted by Crippen LogP contribution is -2.45. The summed E-state index contributed by atoms with van der Waals surface area (Å²) in [6.07, 6.45) is 4.32. The van der Waals surface area contributed by atoms with Crippen LogP contribution in [-0.4, -0.2) is 48.2 Å². The number of nitrogens with zero attached hydrogens (tertiary/aromatic N) is 1. The summed E-state index contributed by atoms with van der Waals surface area (Å²) in [6.45, 7) is 3.76. The smallest absolute Gasteiger partial charge is 0.320 e. The largest absolute Gasteiger partial charge is 0.480 e. The minimum absolute atomic E-state index is 0.388. The van der Waals surface area contributed by atoms with Crippen LogP contribution in [0.25, 0.3) is 0 Å². The third-order valence-corrected chi connectivity index (χ3v) is 3.18. The van der Waals surface area contributed by atoms with E-state index in [1.54, 1.807) is 0 Å². The highest BCUT2D eigenvalue weighted by atomic mass is 16.4. The molecule has 1 heterocycles. The quantitative estimate of drug-likeness (QED) is 0.714. The van der Waals surface area contributed by atoms with Gasteiger partial charge in [-0.25, -0.2) is 0 Å². The Morgan fingerprint density at radius 2 is 2.33 bits per heavy atom. The molecule has 0 radical (unpaired) electrons. The number of nitrogens with one attached hydrogen (secondary N) is 1. The Hall–Kier alpha value is -0.610. The maximum atomic E-state index is 11.0. The molecule has 88 valence electrons. The van der Waals surface area contributed by atoms with Crippen LogP contribution in [0.15, 0.2) is 0 Å². The van der Waals surface area contributed by atoms with E-state index in [1.807, 2.05) is 6.92 Å². The van der Waals surface area contributed by atoms with Gasteiger partial charge in [-0.1, -0.05) is 13.3 Å². The number of hydrogen-bond acceptors (Lipinski definition) is 3. The van der Waals surface area contributed by atoms with Crippen LogP contribution in [0.5, 0.6) is 0 Å². The molecule has 1 aliphatic heterocycles. The number of piperidine rings is 1. The summed E-state index contributed by atoms with van der Waals surface area (Å²) in [6, 6.07) is 0.0412. The zero-order chi connectivity index (χ0) is 11.3. The summed E-state index contributed by atoms with van der Waals surface area (Å²) in [5.74, 6) is -0.726. The summed E-state index contributed by atoms with van der Waals surface area (Å²) in [4.78, 5) is 13.3. The molecule has 1 rings (SSSR count). The second kappa shape index (κ2) is 6.08. The van der Waals surface area contributed by atoms with Crippen LogP contribution in [0.3, 0.4) is 0 Å². The maximum Gasteiger partial charge on any atom is 0.320 e. The molecule has 2 unspecified atom stereocenters. The molecule has 2 atom stereocenters. The Labute approximate surface area is 91.6 Å². The molecule has 0 aromatic rings. The Morgan fingerprint density at radius 3 is 2.87 bits per heavy atom. The van der Waals surface area contributed by atoms with E-state index in [-0.39, 0.29) is 6.04 Å². The van der Waals surface area contributed by atoms with Gasteiger partial charge in [-0.15, -0.1) is 0 Å². The van der Waals surface area contributed by atoms with Crippen molar-refractivity contribution in [2.45, 2.75) is 44.7 Å². The van der Waals surface area contributed by atoms with Gasteiger partial charge in [-0.3, -0.25) is 4.79 Å². The van der Waals surface area contributed by atoms with Crippen molar-refractivity contribution in [3.63, 3.8) is 0 Å². The van der Waals surface area contributed by atoms with Gasteiger partial charge in [0.2, 0.25) is 0 Å². The number of likely N-dealkylation sites (N-methyl/N-ethyl adjacent to an activating group) is 1. The van der Waals surface area contributed by atoms with Crippen LogP contribution in [0, 0.1) is 0 Å². The van der Waals surface area contributed by atoms with Crippen LogP contribution >= 0.6 is 0 Å². The van der Waals surface area contributed by atoms with Gasteiger partial charge >= 0.3 is 5.97 Å². The molecule has 2 N–H and O–H groups in total. The Balaban J connectivity index is 2.44. The fourth-order valence-electron chi connectivity index (χ4n) is 2.23. The van der Waals surface area contributed by atoms with Crippen LogP contribution in [0.1, 0.15) is 32.6 Å². The number of hydrogen-bond donors (Lipinski definition) is 2. The topological polar surface area (TPSA) is 52.6 Å². The monoisotopic (exact) mass is 214 g/mol. The summed E-state index contributed by atoms with van der Waals surface area (Å²) in [7, 11) is 2.09. The van der Waals surface area contributed by atoms with E-state index >= 15 is 0 Å². The number of aliphatic carboxylic acids is 1. The fourth-order valence-corrected chi connectivity index (χ4v) is 2.23. The molecule has 1 saturated heterocycles. The number of rotatable bonds is 5. The van der Waals surface area contributed by atoms with Gasteiger partial charge in [-0.05, 0) is 39.4 Å². The van der Waals surface area contributed by atoms with Crippen molar-refractivity contribution >= 4 is 5.97 Å². The summed E-state index contributed by atoms with van der Waals surface area (Å²) in [5, 5.41) is 12.1. The average molecular weight is 214 g/mol. The highest BCUT2D eigenvalue weighted by Gasteiger charge is 2.25. The van der Waals surface area contributed by atoms with Crippen molar-refractivity contribution in [2.24, 2.45) is 0 Å². The molecular formula is C11H22N2O2. The Morgan fingerprint density at radius 1 is 1.60 bits per heavy atom. The van der Waals surface area contributed by atoms with E-state index in [9.17, 15) is 4.79 Å². The minimum atomic E-state index is -0.726. The van der Waals surface area contributed by atoms with Crippen LogP contribution < -0.4 is 5.32 Å². The lowest BCUT2D eigenvalue weighted by molar-refractivity contribution is -0.140. The van der Waals surface area contributed by atoms with Crippen LogP contribution in [0.4, 0.5) is 0 Å². The SMILES string of the molecule is CCNC(CC1CCCCN1C)C(=O)O. The second-order valence-electron chi connectivity index (χ2n) is 4.31. The Kier molecular flexibility index (Phi) is 5.05. The number of likely N-dealkylation sites (tertiary alicyclic amines) is 1. The zero-order valence-electron chi connectivity index (χ0n) is 9.70.